The molecule has 34 heavy (non-hydrogen) atoms. The molecule has 0 spiro atoms. The molecule has 0 bridgehead atoms. The molecule has 4 amide bonds. The van der Waals surface area contributed by atoms with Crippen LogP contribution in [0.3, 0.4) is 0 Å². The molecule has 7 heteroatoms. The Bertz CT molecular complexity index is 1010. The minimum Gasteiger partial charge on any atom is -0.339 e. The molecule has 1 atom stereocenters. The van der Waals surface area contributed by atoms with Gasteiger partial charge in [0.25, 0.3) is 5.91 Å². The molecule has 0 radical (unpaired) electrons. The Morgan fingerprint density at radius 1 is 0.794 bits per heavy atom. The first-order valence-electron chi connectivity index (χ1n) is 12.3. The lowest BCUT2D eigenvalue weighted by atomic mass is 9.97. The van der Waals surface area contributed by atoms with Crippen molar-refractivity contribution in [3.05, 3.63) is 59.7 Å². The minimum atomic E-state index is -0.268. The molecular formula is C27H34N4O3. The van der Waals surface area contributed by atoms with Crippen molar-refractivity contribution >= 4 is 29.2 Å². The van der Waals surface area contributed by atoms with Crippen LogP contribution in [-0.4, -0.2) is 53.8 Å². The van der Waals surface area contributed by atoms with Crippen LogP contribution in [-0.2, 0) is 4.79 Å². The van der Waals surface area contributed by atoms with Gasteiger partial charge < -0.3 is 20.4 Å². The number of carbonyl (C=O) groups is 3. The van der Waals surface area contributed by atoms with Crippen molar-refractivity contribution in [2.45, 2.75) is 45.4 Å². The van der Waals surface area contributed by atoms with E-state index >= 15 is 0 Å². The largest absolute Gasteiger partial charge is 0.339 e. The molecule has 2 saturated heterocycles. The highest BCUT2D eigenvalue weighted by atomic mass is 16.2. The van der Waals surface area contributed by atoms with E-state index < -0.39 is 0 Å². The Labute approximate surface area is 201 Å². The fraction of sp³-hybridized carbons (Fsp3) is 0.444. The highest BCUT2D eigenvalue weighted by Crippen LogP contribution is 2.21. The summed E-state index contributed by atoms with van der Waals surface area (Å²) < 4.78 is 0. The van der Waals surface area contributed by atoms with Gasteiger partial charge in [0.15, 0.2) is 0 Å². The highest BCUT2D eigenvalue weighted by molar-refractivity contribution is 5.97. The zero-order valence-corrected chi connectivity index (χ0v) is 19.9. The second-order valence-corrected chi connectivity index (χ2v) is 9.36. The number of piperidine rings is 1. The lowest BCUT2D eigenvalue weighted by Crippen LogP contribution is -2.45. The molecule has 7 nitrogen and oxygen atoms in total. The summed E-state index contributed by atoms with van der Waals surface area (Å²) in [7, 11) is 0. The van der Waals surface area contributed by atoms with E-state index in [1.54, 1.807) is 29.2 Å². The summed E-state index contributed by atoms with van der Waals surface area (Å²) in [4.78, 5) is 42.0. The summed E-state index contributed by atoms with van der Waals surface area (Å²) in [6, 6.07) is 14.6. The lowest BCUT2D eigenvalue weighted by molar-refractivity contribution is -0.121. The smallest absolute Gasteiger partial charge is 0.321 e. The van der Waals surface area contributed by atoms with Crippen molar-refractivity contribution in [2.75, 3.05) is 36.8 Å². The molecule has 2 aromatic carbocycles. The van der Waals surface area contributed by atoms with Gasteiger partial charge in [0.2, 0.25) is 5.91 Å². The van der Waals surface area contributed by atoms with Crippen LogP contribution >= 0.6 is 0 Å². The lowest BCUT2D eigenvalue weighted by Gasteiger charge is -2.32. The van der Waals surface area contributed by atoms with Gasteiger partial charge in [-0.15, -0.1) is 0 Å². The summed E-state index contributed by atoms with van der Waals surface area (Å²) in [6.45, 7) is 4.62. The SMILES string of the molecule is Cc1cccc(NC(=O)N2CCCC(C(=O)Nc3ccc(C(=O)N4CCCCCC4)cc3)C2)c1. The van der Waals surface area contributed by atoms with Gasteiger partial charge in [-0.3, -0.25) is 9.59 Å². The number of hydrogen-bond acceptors (Lipinski definition) is 3. The molecule has 2 aliphatic heterocycles. The molecule has 2 aliphatic rings. The second-order valence-electron chi connectivity index (χ2n) is 9.36. The zero-order chi connectivity index (χ0) is 23.9. The third-order valence-electron chi connectivity index (χ3n) is 6.64. The second kappa shape index (κ2) is 11.2. The number of carbonyl (C=O) groups excluding carboxylic acids is 3. The first-order valence-corrected chi connectivity index (χ1v) is 12.3. The van der Waals surface area contributed by atoms with Gasteiger partial charge in [-0.1, -0.05) is 25.0 Å². The van der Waals surface area contributed by atoms with E-state index in [1.807, 2.05) is 36.1 Å². The number of benzene rings is 2. The van der Waals surface area contributed by atoms with E-state index in [0.717, 1.165) is 50.0 Å². The van der Waals surface area contributed by atoms with E-state index in [9.17, 15) is 14.4 Å². The maximum absolute atomic E-state index is 12.9. The molecule has 2 aromatic rings. The van der Waals surface area contributed by atoms with Crippen molar-refractivity contribution in [3.63, 3.8) is 0 Å². The number of nitrogens with one attached hydrogen (secondary N) is 2. The Morgan fingerprint density at radius 3 is 2.21 bits per heavy atom. The molecule has 180 valence electrons. The van der Waals surface area contributed by atoms with Crippen molar-refractivity contribution < 1.29 is 14.4 Å². The van der Waals surface area contributed by atoms with E-state index in [2.05, 4.69) is 10.6 Å². The van der Waals surface area contributed by atoms with Crippen LogP contribution in [0.4, 0.5) is 16.2 Å². The van der Waals surface area contributed by atoms with Crippen LogP contribution in [0.5, 0.6) is 0 Å². The van der Waals surface area contributed by atoms with Crippen molar-refractivity contribution in [2.24, 2.45) is 5.92 Å². The number of anilines is 2. The average Bonchev–Trinajstić information content (AvgIpc) is 3.14. The number of urea groups is 1. The number of hydrogen-bond donors (Lipinski definition) is 2. The predicted molar refractivity (Wildman–Crippen MR) is 134 cm³/mol. The van der Waals surface area contributed by atoms with Crippen molar-refractivity contribution in [3.8, 4) is 0 Å². The summed E-state index contributed by atoms with van der Waals surface area (Å²) in [6.07, 6.45) is 6.00. The van der Waals surface area contributed by atoms with Crippen LogP contribution in [0, 0.1) is 12.8 Å². The molecule has 0 saturated carbocycles. The average molecular weight is 463 g/mol. The fourth-order valence-corrected chi connectivity index (χ4v) is 4.70. The molecule has 1 unspecified atom stereocenters. The number of amides is 4. The zero-order valence-electron chi connectivity index (χ0n) is 19.9. The third-order valence-corrected chi connectivity index (χ3v) is 6.64. The summed E-state index contributed by atoms with van der Waals surface area (Å²) >= 11 is 0. The number of aryl methyl sites for hydroxylation is 1. The van der Waals surface area contributed by atoms with Crippen LogP contribution in [0.25, 0.3) is 0 Å². The highest BCUT2D eigenvalue weighted by Gasteiger charge is 2.28. The van der Waals surface area contributed by atoms with Crippen molar-refractivity contribution in [1.29, 1.82) is 0 Å². The summed E-state index contributed by atoms with van der Waals surface area (Å²) in [5, 5.41) is 5.89. The quantitative estimate of drug-likeness (QED) is 0.678. The van der Waals surface area contributed by atoms with Crippen LogP contribution in [0.2, 0.25) is 0 Å². The molecule has 4 rings (SSSR count). The maximum Gasteiger partial charge on any atom is 0.321 e. The van der Waals surface area contributed by atoms with Crippen LogP contribution < -0.4 is 10.6 Å². The predicted octanol–water partition coefficient (Wildman–Crippen LogP) is 4.89. The van der Waals surface area contributed by atoms with Gasteiger partial charge in [-0.2, -0.15) is 0 Å². The van der Waals surface area contributed by atoms with Gasteiger partial charge in [-0.25, -0.2) is 4.79 Å². The summed E-state index contributed by atoms with van der Waals surface area (Å²) in [5.74, 6) is -0.308. The third kappa shape index (κ3) is 6.16. The fourth-order valence-electron chi connectivity index (χ4n) is 4.70. The Kier molecular flexibility index (Phi) is 7.83. The van der Waals surface area contributed by atoms with E-state index in [1.165, 1.54) is 12.8 Å². The molecular weight excluding hydrogens is 428 g/mol. The first-order chi connectivity index (χ1) is 16.5. The van der Waals surface area contributed by atoms with Gasteiger partial charge >= 0.3 is 6.03 Å². The van der Waals surface area contributed by atoms with Gasteiger partial charge in [-0.05, 0) is 74.6 Å². The number of likely N-dealkylation sites (tertiary alicyclic amines) is 2. The van der Waals surface area contributed by atoms with Gasteiger partial charge in [0, 0.05) is 43.1 Å². The van der Waals surface area contributed by atoms with Gasteiger partial charge in [0.05, 0.1) is 5.92 Å². The molecule has 2 fully saturated rings. The topological polar surface area (TPSA) is 81.8 Å². The maximum atomic E-state index is 12.9. The monoisotopic (exact) mass is 462 g/mol. The summed E-state index contributed by atoms with van der Waals surface area (Å²) in [5.41, 5.74) is 3.15. The van der Waals surface area contributed by atoms with E-state index in [4.69, 9.17) is 0 Å². The van der Waals surface area contributed by atoms with Gasteiger partial charge in [0.1, 0.15) is 0 Å². The first kappa shape index (κ1) is 23.8. The number of rotatable bonds is 4. The standard InChI is InChI=1S/C27H34N4O3/c1-20-8-6-10-24(18-20)29-27(34)31-17-7-9-22(19-31)25(32)28-23-13-11-21(12-14-23)26(33)30-15-4-2-3-5-16-30/h6,8,10-14,18,22H,2-5,7,9,15-17,19H2,1H3,(H,28,32)(H,29,34). The molecule has 2 N–H and O–H groups in total. The van der Waals surface area contributed by atoms with Crippen LogP contribution in [0.1, 0.15) is 54.4 Å². The molecule has 2 heterocycles. The van der Waals surface area contributed by atoms with Crippen molar-refractivity contribution in [1.82, 2.24) is 9.80 Å². The Morgan fingerprint density at radius 2 is 1.50 bits per heavy atom. The van der Waals surface area contributed by atoms with E-state index in [-0.39, 0.29) is 23.8 Å². The Balaban J connectivity index is 1.31. The molecule has 0 aromatic heterocycles. The molecule has 0 aliphatic carbocycles. The minimum absolute atomic E-state index is 0.0577. The number of nitrogens with zero attached hydrogens (tertiary/aromatic N) is 2. The Hall–Kier alpha value is -3.35. The normalized spacial score (nSPS) is 18.7. The van der Waals surface area contributed by atoms with E-state index in [0.29, 0.717) is 24.3 Å². The van der Waals surface area contributed by atoms with Crippen LogP contribution in [0.15, 0.2) is 48.5 Å².